The van der Waals surface area contributed by atoms with E-state index in [0.29, 0.717) is 5.56 Å². The van der Waals surface area contributed by atoms with Crippen molar-refractivity contribution >= 4 is 32.8 Å². The lowest BCUT2D eigenvalue weighted by Gasteiger charge is -2.07. The van der Waals surface area contributed by atoms with Crippen LogP contribution in [0, 0.1) is 6.92 Å². The molecule has 0 unspecified atom stereocenters. The third kappa shape index (κ3) is 1.95. The number of nitrogens with zero attached hydrogens (tertiary/aromatic N) is 2. The highest BCUT2D eigenvalue weighted by atomic mass is 79.9. The summed E-state index contributed by atoms with van der Waals surface area (Å²) in [4.78, 5) is 11.2. The molecule has 0 saturated heterocycles. The van der Waals surface area contributed by atoms with Crippen molar-refractivity contribution in [1.29, 1.82) is 0 Å². The summed E-state index contributed by atoms with van der Waals surface area (Å²) in [6.07, 6.45) is 0. The van der Waals surface area contributed by atoms with Crippen LogP contribution in [0.5, 0.6) is 0 Å². The van der Waals surface area contributed by atoms with Gasteiger partial charge in [0.15, 0.2) is 0 Å². The van der Waals surface area contributed by atoms with Crippen molar-refractivity contribution < 1.29 is 9.90 Å². The summed E-state index contributed by atoms with van der Waals surface area (Å²) in [6.45, 7) is 5.88. The average Bonchev–Trinajstić information content (AvgIpc) is 2.54. The molecule has 17 heavy (non-hydrogen) atoms. The minimum atomic E-state index is -0.928. The van der Waals surface area contributed by atoms with Crippen LogP contribution in [0.4, 0.5) is 0 Å². The van der Waals surface area contributed by atoms with Crippen LogP contribution in [0.3, 0.4) is 0 Å². The number of aryl methyl sites for hydroxylation is 1. The van der Waals surface area contributed by atoms with Gasteiger partial charge in [-0.05, 0) is 32.9 Å². The van der Waals surface area contributed by atoms with Gasteiger partial charge in [0.05, 0.1) is 16.8 Å². The maximum atomic E-state index is 11.2. The molecule has 0 amide bonds. The first-order valence-electron chi connectivity index (χ1n) is 5.33. The third-order valence-corrected chi connectivity index (χ3v) is 3.13. The molecule has 0 saturated carbocycles. The van der Waals surface area contributed by atoms with Gasteiger partial charge >= 0.3 is 5.97 Å². The van der Waals surface area contributed by atoms with Crippen molar-refractivity contribution in [2.45, 2.75) is 26.8 Å². The molecular formula is C12H13BrN2O2. The highest BCUT2D eigenvalue weighted by Crippen LogP contribution is 2.28. The molecule has 0 atom stereocenters. The molecule has 0 bridgehead atoms. The first kappa shape index (κ1) is 12.1. The predicted molar refractivity (Wildman–Crippen MR) is 69.5 cm³/mol. The van der Waals surface area contributed by atoms with E-state index in [1.165, 1.54) is 0 Å². The fourth-order valence-electron chi connectivity index (χ4n) is 1.98. The molecule has 2 aromatic rings. The van der Waals surface area contributed by atoms with E-state index in [0.717, 1.165) is 21.1 Å². The highest BCUT2D eigenvalue weighted by Gasteiger charge is 2.17. The molecule has 4 nitrogen and oxygen atoms in total. The van der Waals surface area contributed by atoms with E-state index in [1.54, 1.807) is 6.07 Å². The Hall–Kier alpha value is -1.36. The first-order valence-corrected chi connectivity index (χ1v) is 6.12. The number of carboxylic acids is 1. The zero-order valence-electron chi connectivity index (χ0n) is 9.86. The van der Waals surface area contributed by atoms with Crippen LogP contribution in [0.25, 0.3) is 10.9 Å². The zero-order valence-corrected chi connectivity index (χ0v) is 11.4. The van der Waals surface area contributed by atoms with Crippen molar-refractivity contribution in [2.24, 2.45) is 0 Å². The molecule has 2 rings (SSSR count). The van der Waals surface area contributed by atoms with Crippen molar-refractivity contribution in [2.75, 3.05) is 0 Å². The molecule has 0 aliphatic carbocycles. The number of hydrogen-bond acceptors (Lipinski definition) is 2. The van der Waals surface area contributed by atoms with Crippen molar-refractivity contribution in [3.8, 4) is 0 Å². The molecule has 1 aromatic heterocycles. The van der Waals surface area contributed by atoms with Gasteiger partial charge in [0.25, 0.3) is 0 Å². The van der Waals surface area contributed by atoms with Gasteiger partial charge in [0.2, 0.25) is 0 Å². The number of carboxylic acid groups (broad SMARTS) is 1. The van der Waals surface area contributed by atoms with Crippen LogP contribution in [0.2, 0.25) is 0 Å². The number of benzene rings is 1. The zero-order chi connectivity index (χ0) is 12.7. The molecule has 1 N–H and O–H groups in total. The standard InChI is InChI=1S/C12H13BrN2O2/c1-6(2)15-10-5-8(13)4-9(12(16)17)11(10)7(3)14-15/h4-6H,1-3H3,(H,16,17). The predicted octanol–water partition coefficient (Wildman–Crippen LogP) is 3.39. The third-order valence-electron chi connectivity index (χ3n) is 2.67. The normalized spacial score (nSPS) is 11.4. The van der Waals surface area contributed by atoms with Gasteiger partial charge in [0.1, 0.15) is 0 Å². The maximum Gasteiger partial charge on any atom is 0.336 e. The summed E-state index contributed by atoms with van der Waals surface area (Å²) in [5.41, 5.74) is 1.89. The quantitative estimate of drug-likeness (QED) is 0.924. The summed E-state index contributed by atoms with van der Waals surface area (Å²) in [6, 6.07) is 3.72. The Kier molecular flexibility index (Phi) is 2.95. The number of rotatable bonds is 2. The van der Waals surface area contributed by atoms with Crippen LogP contribution in [0.1, 0.15) is 35.9 Å². The lowest BCUT2D eigenvalue weighted by molar-refractivity contribution is 0.0699. The lowest BCUT2D eigenvalue weighted by atomic mass is 10.1. The summed E-state index contributed by atoms with van der Waals surface area (Å²) in [5, 5.41) is 14.3. The summed E-state index contributed by atoms with van der Waals surface area (Å²) in [7, 11) is 0. The van der Waals surface area contributed by atoms with Crippen molar-refractivity contribution in [3.05, 3.63) is 27.9 Å². The monoisotopic (exact) mass is 296 g/mol. The number of aromatic carboxylic acids is 1. The van der Waals surface area contributed by atoms with Gasteiger partial charge in [-0.15, -0.1) is 0 Å². The number of halogens is 1. The van der Waals surface area contributed by atoms with E-state index in [1.807, 2.05) is 31.5 Å². The Balaban J connectivity index is 2.90. The summed E-state index contributed by atoms with van der Waals surface area (Å²) >= 11 is 3.34. The Labute approximate surface area is 107 Å². The van der Waals surface area contributed by atoms with E-state index in [4.69, 9.17) is 0 Å². The second-order valence-corrected chi connectivity index (χ2v) is 5.19. The second-order valence-electron chi connectivity index (χ2n) is 4.28. The van der Waals surface area contributed by atoms with Crippen molar-refractivity contribution in [1.82, 2.24) is 9.78 Å². The summed E-state index contributed by atoms with van der Waals surface area (Å²) < 4.78 is 2.60. The largest absolute Gasteiger partial charge is 0.478 e. The Morgan fingerprint density at radius 2 is 2.12 bits per heavy atom. The Bertz CT molecular complexity index is 602. The minimum absolute atomic E-state index is 0.196. The molecule has 0 aliphatic heterocycles. The van der Waals surface area contributed by atoms with Gasteiger partial charge in [0, 0.05) is 15.9 Å². The SMILES string of the molecule is Cc1nn(C(C)C)c2cc(Br)cc(C(=O)O)c12. The number of fused-ring (bicyclic) bond motifs is 1. The van der Waals surface area contributed by atoms with Crippen LogP contribution in [0.15, 0.2) is 16.6 Å². The van der Waals surface area contributed by atoms with Gasteiger partial charge in [-0.3, -0.25) is 4.68 Å². The van der Waals surface area contributed by atoms with Crippen LogP contribution < -0.4 is 0 Å². The molecule has 1 aromatic carbocycles. The van der Waals surface area contributed by atoms with Crippen LogP contribution >= 0.6 is 15.9 Å². The van der Waals surface area contributed by atoms with Crippen molar-refractivity contribution in [3.63, 3.8) is 0 Å². The number of carbonyl (C=O) groups is 1. The lowest BCUT2D eigenvalue weighted by Crippen LogP contribution is -2.03. The second kappa shape index (κ2) is 4.14. The molecule has 0 radical (unpaired) electrons. The molecule has 0 spiro atoms. The van der Waals surface area contributed by atoms with E-state index in [2.05, 4.69) is 21.0 Å². The van der Waals surface area contributed by atoms with E-state index >= 15 is 0 Å². The maximum absolute atomic E-state index is 11.2. The molecule has 0 fully saturated rings. The first-order chi connectivity index (χ1) is 7.91. The fraction of sp³-hybridized carbons (Fsp3) is 0.333. The van der Waals surface area contributed by atoms with E-state index in [-0.39, 0.29) is 6.04 Å². The Morgan fingerprint density at radius 3 is 2.65 bits per heavy atom. The molecule has 90 valence electrons. The van der Waals surface area contributed by atoms with Gasteiger partial charge in [-0.2, -0.15) is 5.10 Å². The highest BCUT2D eigenvalue weighted by molar-refractivity contribution is 9.10. The van der Waals surface area contributed by atoms with Crippen LogP contribution in [-0.4, -0.2) is 20.9 Å². The topological polar surface area (TPSA) is 55.1 Å². The van der Waals surface area contributed by atoms with E-state index in [9.17, 15) is 9.90 Å². The molecule has 5 heteroatoms. The number of aromatic nitrogens is 2. The van der Waals surface area contributed by atoms with Gasteiger partial charge < -0.3 is 5.11 Å². The minimum Gasteiger partial charge on any atom is -0.478 e. The molecular weight excluding hydrogens is 284 g/mol. The van der Waals surface area contributed by atoms with Gasteiger partial charge in [-0.1, -0.05) is 15.9 Å². The smallest absolute Gasteiger partial charge is 0.336 e. The Morgan fingerprint density at radius 1 is 1.47 bits per heavy atom. The van der Waals surface area contributed by atoms with E-state index < -0.39 is 5.97 Å². The van der Waals surface area contributed by atoms with Gasteiger partial charge in [-0.25, -0.2) is 4.79 Å². The number of hydrogen-bond donors (Lipinski definition) is 1. The van der Waals surface area contributed by atoms with Crippen LogP contribution in [-0.2, 0) is 0 Å². The molecule has 1 heterocycles. The molecule has 0 aliphatic rings. The average molecular weight is 297 g/mol. The fourth-order valence-corrected chi connectivity index (χ4v) is 2.43. The summed E-state index contributed by atoms with van der Waals surface area (Å²) in [5.74, 6) is -0.928.